The Morgan fingerprint density at radius 1 is 1.31 bits per heavy atom. The second-order valence-electron chi connectivity index (χ2n) is 9.74. The van der Waals surface area contributed by atoms with E-state index in [2.05, 4.69) is 32.7 Å². The fourth-order valence-electron chi connectivity index (χ4n) is 4.62. The van der Waals surface area contributed by atoms with E-state index in [4.69, 9.17) is 5.73 Å². The van der Waals surface area contributed by atoms with E-state index in [1.165, 1.54) is 21.5 Å². The molecule has 0 radical (unpaired) electrons. The molecule has 3 aromatic heterocycles. The molecule has 3 aromatic rings. The van der Waals surface area contributed by atoms with Gasteiger partial charge in [0.05, 0.1) is 30.7 Å². The molecule has 1 fully saturated rings. The van der Waals surface area contributed by atoms with Crippen LogP contribution in [-0.4, -0.2) is 74.8 Å². The minimum absolute atomic E-state index is 0.0345. The van der Waals surface area contributed by atoms with Gasteiger partial charge in [0.15, 0.2) is 0 Å². The Morgan fingerprint density at radius 3 is 2.72 bits per heavy atom. The highest BCUT2D eigenvalue weighted by Crippen LogP contribution is 2.29. The van der Waals surface area contributed by atoms with Crippen LogP contribution in [0.15, 0.2) is 24.4 Å². The van der Waals surface area contributed by atoms with E-state index in [0.717, 1.165) is 13.1 Å². The Hall–Kier alpha value is -3.79. The average Bonchev–Trinajstić information content (AvgIpc) is 3.43. The monoisotopic (exact) mass is 548 g/mol. The molecule has 1 aliphatic heterocycles. The van der Waals surface area contributed by atoms with Crippen molar-refractivity contribution in [1.82, 2.24) is 29.6 Å². The Kier molecular flexibility index (Phi) is 8.34. The predicted molar refractivity (Wildman–Crippen MR) is 140 cm³/mol. The summed E-state index contributed by atoms with van der Waals surface area (Å²) in [6, 6.07) is 4.25. The molecule has 4 N–H and O–H groups in total. The number of aromatic nitrogens is 4. The molecule has 210 valence electrons. The third kappa shape index (κ3) is 6.44. The first-order chi connectivity index (χ1) is 18.5. The first-order valence-corrected chi connectivity index (χ1v) is 12.8. The smallest absolute Gasteiger partial charge is 0.383 e. The number of nitrogens with two attached hydrogens (primary N) is 1. The fraction of sp³-hybridized carbons (Fsp3) is 0.500. The van der Waals surface area contributed by atoms with Crippen molar-refractivity contribution in [2.75, 3.05) is 37.2 Å². The van der Waals surface area contributed by atoms with Crippen molar-refractivity contribution < 1.29 is 22.4 Å². The number of halogens is 4. The minimum Gasteiger partial charge on any atom is -0.383 e. The van der Waals surface area contributed by atoms with Gasteiger partial charge in [0.1, 0.15) is 29.1 Å². The Labute approximate surface area is 223 Å². The molecule has 2 atom stereocenters. The molecule has 1 saturated heterocycles. The highest BCUT2D eigenvalue weighted by atomic mass is 19.4. The number of nitrogens with zero attached hydrogens (tertiary/aromatic N) is 5. The number of hydrogen-bond donors (Lipinski definition) is 3. The van der Waals surface area contributed by atoms with Crippen LogP contribution in [0.5, 0.6) is 0 Å². The Morgan fingerprint density at radius 2 is 2.08 bits per heavy atom. The van der Waals surface area contributed by atoms with Gasteiger partial charge < -0.3 is 21.3 Å². The van der Waals surface area contributed by atoms with Crippen LogP contribution in [-0.2, 0) is 6.42 Å². The summed E-state index contributed by atoms with van der Waals surface area (Å²) in [7, 11) is 0. The lowest BCUT2D eigenvalue weighted by Gasteiger charge is -2.34. The van der Waals surface area contributed by atoms with Crippen LogP contribution in [0.3, 0.4) is 0 Å². The van der Waals surface area contributed by atoms with Crippen molar-refractivity contribution in [2.45, 2.75) is 58.0 Å². The second-order valence-corrected chi connectivity index (χ2v) is 9.74. The molecule has 39 heavy (non-hydrogen) atoms. The molecular weight excluding hydrogens is 516 g/mol. The first kappa shape index (κ1) is 28.2. The lowest BCUT2D eigenvalue weighted by atomic mass is 10.0. The van der Waals surface area contributed by atoms with Crippen LogP contribution >= 0.6 is 0 Å². The van der Waals surface area contributed by atoms with E-state index in [1.807, 2.05) is 25.7 Å². The van der Waals surface area contributed by atoms with Crippen LogP contribution in [0.2, 0.25) is 0 Å². The SMILES string of the molecule is CCN1CC[C@@H](Nc2cccc3c(CC(F)(F)F)c(C#CCNC(=O)c4cnn(C(C)C)c4N)nn23)[C@@H](F)C1. The zero-order valence-corrected chi connectivity index (χ0v) is 22.0. The normalized spacial score (nSPS) is 18.3. The number of nitrogens with one attached hydrogen (secondary N) is 2. The van der Waals surface area contributed by atoms with Crippen LogP contribution in [0.25, 0.3) is 5.52 Å². The van der Waals surface area contributed by atoms with E-state index in [0.29, 0.717) is 12.2 Å². The third-order valence-electron chi connectivity index (χ3n) is 6.65. The van der Waals surface area contributed by atoms with E-state index in [1.54, 1.807) is 12.1 Å². The van der Waals surface area contributed by atoms with Gasteiger partial charge in [-0.1, -0.05) is 18.9 Å². The summed E-state index contributed by atoms with van der Waals surface area (Å²) in [5, 5.41) is 14.1. The number of carbonyl (C=O) groups is 1. The number of fused-ring (bicyclic) bond motifs is 1. The maximum absolute atomic E-state index is 14.8. The summed E-state index contributed by atoms with van der Waals surface area (Å²) in [6.07, 6.45) is -4.96. The highest BCUT2D eigenvalue weighted by Gasteiger charge is 2.32. The lowest BCUT2D eigenvalue weighted by Crippen LogP contribution is -2.47. The number of rotatable bonds is 7. The largest absolute Gasteiger partial charge is 0.393 e. The second kappa shape index (κ2) is 11.5. The number of anilines is 2. The average molecular weight is 549 g/mol. The van der Waals surface area contributed by atoms with Gasteiger partial charge >= 0.3 is 6.18 Å². The zero-order chi connectivity index (χ0) is 28.3. The van der Waals surface area contributed by atoms with Gasteiger partial charge in [-0.2, -0.15) is 23.4 Å². The van der Waals surface area contributed by atoms with Gasteiger partial charge in [0.25, 0.3) is 5.91 Å². The minimum atomic E-state index is -4.50. The lowest BCUT2D eigenvalue weighted by molar-refractivity contribution is -0.127. The number of nitrogen functional groups attached to an aromatic ring is 1. The standard InChI is InChI=1S/C26H32F4N8O/c1-4-36-12-10-21(19(27)15-36)34-23-9-5-8-22-17(13-26(28,29)30)20(35-38(22)23)7-6-11-32-25(39)18-14-33-37(16(2)3)24(18)31/h5,8-9,14,16,19,21,34H,4,10-13,15,31H2,1-3H3,(H,32,39)/t19-,21+/m0/s1. The van der Waals surface area contributed by atoms with E-state index < -0.39 is 30.7 Å². The number of carbonyl (C=O) groups excluding carboxylic acids is 1. The molecule has 13 heteroatoms. The molecule has 9 nitrogen and oxygen atoms in total. The van der Waals surface area contributed by atoms with Crippen molar-refractivity contribution >= 4 is 23.1 Å². The Bertz CT molecular complexity index is 1380. The van der Waals surface area contributed by atoms with Gasteiger partial charge in [-0.15, -0.1) is 0 Å². The molecular formula is C26H32F4N8O. The van der Waals surface area contributed by atoms with Gasteiger partial charge in [-0.25, -0.2) is 13.6 Å². The van der Waals surface area contributed by atoms with E-state index >= 15 is 0 Å². The number of hydrogen-bond acceptors (Lipinski definition) is 6. The number of amides is 1. The number of alkyl halides is 4. The first-order valence-electron chi connectivity index (χ1n) is 12.8. The van der Waals surface area contributed by atoms with Crippen LogP contribution in [0, 0.1) is 11.8 Å². The third-order valence-corrected chi connectivity index (χ3v) is 6.65. The molecule has 0 spiro atoms. The quantitative estimate of drug-likeness (QED) is 0.309. The molecule has 0 aromatic carbocycles. The van der Waals surface area contributed by atoms with Crippen molar-refractivity contribution in [3.63, 3.8) is 0 Å². The summed E-state index contributed by atoms with van der Waals surface area (Å²) < 4.78 is 58.0. The molecule has 0 saturated carbocycles. The van der Waals surface area contributed by atoms with Crippen molar-refractivity contribution in [1.29, 1.82) is 0 Å². The molecule has 4 heterocycles. The summed E-state index contributed by atoms with van der Waals surface area (Å²) in [5.41, 5.74) is 6.22. The summed E-state index contributed by atoms with van der Waals surface area (Å²) in [5.74, 6) is 5.43. The summed E-state index contributed by atoms with van der Waals surface area (Å²) in [4.78, 5) is 14.5. The highest BCUT2D eigenvalue weighted by molar-refractivity contribution is 5.98. The van der Waals surface area contributed by atoms with E-state index in [-0.39, 0.29) is 47.3 Å². The Balaban J connectivity index is 1.56. The summed E-state index contributed by atoms with van der Waals surface area (Å²) in [6.45, 7) is 7.32. The maximum atomic E-state index is 14.8. The summed E-state index contributed by atoms with van der Waals surface area (Å²) >= 11 is 0. The topological polar surface area (TPSA) is 106 Å². The van der Waals surface area contributed by atoms with Crippen LogP contribution in [0.4, 0.5) is 29.2 Å². The number of piperidine rings is 1. The molecule has 1 amide bonds. The zero-order valence-electron chi connectivity index (χ0n) is 22.0. The van der Waals surface area contributed by atoms with Gasteiger partial charge in [0.2, 0.25) is 0 Å². The van der Waals surface area contributed by atoms with E-state index in [9.17, 15) is 22.4 Å². The number of likely N-dealkylation sites (tertiary alicyclic amines) is 1. The van der Waals surface area contributed by atoms with Gasteiger partial charge in [-0.3, -0.25) is 4.79 Å². The molecule has 0 aliphatic carbocycles. The molecule has 0 unspecified atom stereocenters. The van der Waals surface area contributed by atoms with Crippen molar-refractivity contribution in [3.8, 4) is 11.8 Å². The van der Waals surface area contributed by atoms with Gasteiger partial charge in [0, 0.05) is 24.7 Å². The fourth-order valence-corrected chi connectivity index (χ4v) is 4.62. The van der Waals surface area contributed by atoms with Crippen molar-refractivity contribution in [2.24, 2.45) is 0 Å². The van der Waals surface area contributed by atoms with Gasteiger partial charge in [-0.05, 0) is 44.9 Å². The van der Waals surface area contributed by atoms with Crippen LogP contribution < -0.4 is 16.4 Å². The maximum Gasteiger partial charge on any atom is 0.393 e. The molecule has 4 rings (SSSR count). The van der Waals surface area contributed by atoms with Crippen LogP contribution in [0.1, 0.15) is 54.8 Å². The predicted octanol–water partition coefficient (Wildman–Crippen LogP) is 3.42. The molecule has 0 bridgehead atoms. The van der Waals surface area contributed by atoms with Crippen molar-refractivity contribution in [3.05, 3.63) is 41.2 Å². The number of pyridine rings is 1. The molecule has 1 aliphatic rings.